The zero-order valence-electron chi connectivity index (χ0n) is 11.1. The summed E-state index contributed by atoms with van der Waals surface area (Å²) in [7, 11) is 1.16. The van der Waals surface area contributed by atoms with Crippen molar-refractivity contribution >= 4 is 23.8 Å². The lowest BCUT2D eigenvalue weighted by Crippen LogP contribution is -2.35. The number of benzene rings is 1. The van der Waals surface area contributed by atoms with E-state index >= 15 is 0 Å². The summed E-state index contributed by atoms with van der Waals surface area (Å²) in [4.78, 5) is 47.2. The van der Waals surface area contributed by atoms with Crippen LogP contribution in [0, 0.1) is 0 Å². The fourth-order valence-electron chi connectivity index (χ4n) is 1.84. The lowest BCUT2D eigenvalue weighted by molar-refractivity contribution is -0.140. The first-order valence-corrected chi connectivity index (χ1v) is 5.95. The fraction of sp³-hybridized carbons (Fsp3) is 0.231. The molecule has 2 N–H and O–H groups in total. The van der Waals surface area contributed by atoms with E-state index in [2.05, 4.69) is 4.74 Å². The van der Waals surface area contributed by atoms with E-state index in [0.717, 1.165) is 12.0 Å². The van der Waals surface area contributed by atoms with Gasteiger partial charge in [-0.3, -0.25) is 24.1 Å². The first kappa shape index (κ1) is 14.7. The quantitative estimate of drug-likeness (QED) is 0.444. The Hall–Kier alpha value is -2.74. The van der Waals surface area contributed by atoms with Crippen molar-refractivity contribution < 1.29 is 28.7 Å². The third-order valence-electron chi connectivity index (χ3n) is 2.86. The van der Waals surface area contributed by atoms with Crippen molar-refractivity contribution in [1.29, 1.82) is 0 Å². The molecule has 8 nitrogen and oxygen atoms in total. The second kappa shape index (κ2) is 5.71. The Morgan fingerprint density at radius 2 is 1.81 bits per heavy atom. The van der Waals surface area contributed by atoms with Crippen LogP contribution in [0.5, 0.6) is 5.75 Å². The summed E-state index contributed by atoms with van der Waals surface area (Å²) in [6.07, 6.45) is 0. The summed E-state index contributed by atoms with van der Waals surface area (Å²) in [5.74, 6) is -2.52. The number of imide groups is 1. The zero-order valence-corrected chi connectivity index (χ0v) is 11.1. The second-order valence-electron chi connectivity index (χ2n) is 4.16. The molecule has 0 saturated carbocycles. The number of esters is 2. The summed E-state index contributed by atoms with van der Waals surface area (Å²) < 4.78 is 9.30. The summed E-state index contributed by atoms with van der Waals surface area (Å²) in [5.41, 5.74) is 5.32. The molecule has 21 heavy (non-hydrogen) atoms. The van der Waals surface area contributed by atoms with Crippen LogP contribution in [-0.4, -0.2) is 48.9 Å². The molecule has 0 fully saturated rings. The van der Waals surface area contributed by atoms with Gasteiger partial charge in [-0.2, -0.15) is 0 Å². The summed E-state index contributed by atoms with van der Waals surface area (Å²) >= 11 is 0. The normalized spacial score (nSPS) is 13.1. The average Bonchev–Trinajstić information content (AvgIpc) is 2.71. The van der Waals surface area contributed by atoms with Crippen LogP contribution >= 0.6 is 0 Å². The van der Waals surface area contributed by atoms with Crippen molar-refractivity contribution in [2.45, 2.75) is 0 Å². The Kier molecular flexibility index (Phi) is 3.99. The van der Waals surface area contributed by atoms with Gasteiger partial charge in [-0.05, 0) is 18.2 Å². The third kappa shape index (κ3) is 2.75. The minimum Gasteiger partial charge on any atom is -0.468 e. The van der Waals surface area contributed by atoms with Crippen LogP contribution in [0.2, 0.25) is 0 Å². The molecule has 1 aliphatic rings. The number of rotatable bonds is 4. The van der Waals surface area contributed by atoms with Crippen molar-refractivity contribution in [1.82, 2.24) is 4.90 Å². The lowest BCUT2D eigenvalue weighted by Gasteiger charge is -2.11. The highest BCUT2D eigenvalue weighted by Gasteiger charge is 2.37. The van der Waals surface area contributed by atoms with Crippen molar-refractivity contribution in [3.05, 3.63) is 29.3 Å². The molecule has 0 bridgehead atoms. The largest absolute Gasteiger partial charge is 0.468 e. The molecular weight excluding hydrogens is 280 g/mol. The maximum atomic E-state index is 12.1. The van der Waals surface area contributed by atoms with Crippen LogP contribution in [0.15, 0.2) is 18.2 Å². The van der Waals surface area contributed by atoms with Gasteiger partial charge in [0, 0.05) is 0 Å². The Bertz CT molecular complexity index is 640. The Morgan fingerprint density at radius 1 is 1.14 bits per heavy atom. The first-order chi connectivity index (χ1) is 9.97. The van der Waals surface area contributed by atoms with E-state index in [9.17, 15) is 19.2 Å². The summed E-state index contributed by atoms with van der Waals surface area (Å²) in [5, 5.41) is 0. The van der Waals surface area contributed by atoms with E-state index in [1.807, 2.05) is 0 Å². The van der Waals surface area contributed by atoms with Gasteiger partial charge in [-0.25, -0.2) is 0 Å². The summed E-state index contributed by atoms with van der Waals surface area (Å²) in [6, 6.07) is 3.99. The fourth-order valence-corrected chi connectivity index (χ4v) is 1.84. The van der Waals surface area contributed by atoms with Crippen molar-refractivity contribution in [3.63, 3.8) is 0 Å². The van der Waals surface area contributed by atoms with Crippen LogP contribution in [0.4, 0.5) is 0 Å². The molecule has 1 aromatic carbocycles. The highest BCUT2D eigenvalue weighted by Crippen LogP contribution is 2.26. The van der Waals surface area contributed by atoms with Gasteiger partial charge >= 0.3 is 11.9 Å². The Morgan fingerprint density at radius 3 is 2.43 bits per heavy atom. The third-order valence-corrected chi connectivity index (χ3v) is 2.86. The van der Waals surface area contributed by atoms with Gasteiger partial charge in [-0.15, -0.1) is 0 Å². The van der Waals surface area contributed by atoms with Crippen LogP contribution in [0.3, 0.4) is 0 Å². The van der Waals surface area contributed by atoms with Gasteiger partial charge in [0.1, 0.15) is 12.3 Å². The minimum absolute atomic E-state index is 0.0613. The van der Waals surface area contributed by atoms with Crippen molar-refractivity contribution in [2.24, 2.45) is 5.73 Å². The smallest absolute Gasteiger partial charge is 0.325 e. The molecule has 8 heteroatoms. The highest BCUT2D eigenvalue weighted by atomic mass is 16.5. The lowest BCUT2D eigenvalue weighted by atomic mass is 10.1. The van der Waals surface area contributed by atoms with Crippen LogP contribution in [0.25, 0.3) is 0 Å². The van der Waals surface area contributed by atoms with E-state index in [-0.39, 0.29) is 23.4 Å². The molecule has 110 valence electrons. The molecule has 0 radical (unpaired) electrons. The first-order valence-electron chi connectivity index (χ1n) is 5.95. The number of carbonyl (C=O) groups excluding carboxylic acids is 4. The molecular formula is C13H12N2O6. The zero-order chi connectivity index (χ0) is 15.6. The highest BCUT2D eigenvalue weighted by molar-refractivity contribution is 6.22. The molecule has 0 aliphatic carbocycles. The van der Waals surface area contributed by atoms with Gasteiger partial charge < -0.3 is 15.2 Å². The molecule has 0 atom stereocenters. The molecule has 2 amide bonds. The van der Waals surface area contributed by atoms with Crippen LogP contribution in [0.1, 0.15) is 20.7 Å². The number of hydrogen-bond acceptors (Lipinski definition) is 7. The van der Waals surface area contributed by atoms with Gasteiger partial charge in [0.2, 0.25) is 0 Å². The molecule has 1 aliphatic heterocycles. The summed E-state index contributed by atoms with van der Waals surface area (Å²) in [6.45, 7) is -0.779. The number of fused-ring (bicyclic) bond motifs is 1. The van der Waals surface area contributed by atoms with Gasteiger partial charge in [0.05, 0.1) is 24.8 Å². The number of ether oxygens (including phenoxy) is 2. The number of carbonyl (C=O) groups is 4. The van der Waals surface area contributed by atoms with E-state index in [1.54, 1.807) is 0 Å². The van der Waals surface area contributed by atoms with Gasteiger partial charge in [-0.1, -0.05) is 0 Å². The predicted molar refractivity (Wildman–Crippen MR) is 68.5 cm³/mol. The van der Waals surface area contributed by atoms with E-state index in [1.165, 1.54) is 18.2 Å². The SMILES string of the molecule is COC(=O)CN1C(=O)c2ccc(OC(=O)CN)cc2C1=O. The topological polar surface area (TPSA) is 116 Å². The molecule has 1 heterocycles. The molecule has 1 aromatic rings. The van der Waals surface area contributed by atoms with Crippen LogP contribution < -0.4 is 10.5 Å². The number of nitrogens with two attached hydrogens (primary N) is 1. The number of methoxy groups -OCH3 is 1. The molecule has 2 rings (SSSR count). The monoisotopic (exact) mass is 292 g/mol. The molecule has 0 aromatic heterocycles. The Labute approximate surface area is 119 Å². The van der Waals surface area contributed by atoms with Gasteiger partial charge in [0.15, 0.2) is 0 Å². The van der Waals surface area contributed by atoms with E-state index < -0.39 is 30.3 Å². The van der Waals surface area contributed by atoms with E-state index in [0.29, 0.717) is 0 Å². The van der Waals surface area contributed by atoms with Crippen molar-refractivity contribution in [2.75, 3.05) is 20.2 Å². The maximum Gasteiger partial charge on any atom is 0.325 e. The van der Waals surface area contributed by atoms with Gasteiger partial charge in [0.25, 0.3) is 11.8 Å². The molecule has 0 saturated heterocycles. The standard InChI is InChI=1S/C13H12N2O6/c1-20-11(17)6-15-12(18)8-3-2-7(21-10(16)5-14)4-9(8)13(15)19/h2-4H,5-6,14H2,1H3. The average molecular weight is 292 g/mol. The van der Waals surface area contributed by atoms with E-state index in [4.69, 9.17) is 10.5 Å². The second-order valence-corrected chi connectivity index (χ2v) is 4.16. The number of amides is 2. The number of nitrogens with zero attached hydrogens (tertiary/aromatic N) is 1. The minimum atomic E-state index is -0.709. The van der Waals surface area contributed by atoms with Crippen molar-refractivity contribution in [3.8, 4) is 5.75 Å². The molecule has 0 unspecified atom stereocenters. The number of hydrogen-bond donors (Lipinski definition) is 1. The predicted octanol–water partition coefficient (Wildman–Crippen LogP) is -0.680. The Balaban J connectivity index is 2.27. The maximum absolute atomic E-state index is 12.1. The van der Waals surface area contributed by atoms with Crippen LogP contribution in [-0.2, 0) is 14.3 Å². The molecule has 0 spiro atoms.